The van der Waals surface area contributed by atoms with E-state index in [2.05, 4.69) is 14.5 Å². The molecule has 112 valence electrons. The number of carbonyl (C=O) groups excluding carboxylic acids is 1. The molecule has 20 heavy (non-hydrogen) atoms. The van der Waals surface area contributed by atoms with Crippen LogP contribution in [0.25, 0.3) is 0 Å². The summed E-state index contributed by atoms with van der Waals surface area (Å²) >= 11 is 5.63. The number of methoxy groups -OCH3 is 2. The van der Waals surface area contributed by atoms with Crippen molar-refractivity contribution in [3.05, 3.63) is 17.3 Å². The zero-order valence-corrected chi connectivity index (χ0v) is 11.3. The molecule has 1 aromatic rings. The average Bonchev–Trinajstić information content (AvgIpc) is 2.37. The monoisotopic (exact) mass is 313 g/mol. The Morgan fingerprint density at radius 2 is 2.05 bits per heavy atom. The zero-order valence-electron chi connectivity index (χ0n) is 10.6. The molecule has 1 rings (SSSR count). The van der Waals surface area contributed by atoms with Gasteiger partial charge in [-0.05, 0) is 11.6 Å². The molecule has 0 saturated heterocycles. The number of carbonyl (C=O) groups is 1. The summed E-state index contributed by atoms with van der Waals surface area (Å²) < 4.78 is 49.7. The number of hydrogen-bond donors (Lipinski definition) is 0. The van der Waals surface area contributed by atoms with Gasteiger partial charge in [-0.3, -0.25) is 4.79 Å². The van der Waals surface area contributed by atoms with Crippen LogP contribution in [0.1, 0.15) is 11.3 Å². The predicted octanol–water partition coefficient (Wildman–Crippen LogP) is 2.44. The fourth-order valence-electron chi connectivity index (χ4n) is 1.37. The van der Waals surface area contributed by atoms with Crippen molar-refractivity contribution in [3.8, 4) is 11.6 Å². The second kappa shape index (κ2) is 6.65. The summed E-state index contributed by atoms with van der Waals surface area (Å²) in [5.41, 5.74) is 0.385. The van der Waals surface area contributed by atoms with Crippen LogP contribution < -0.4 is 9.47 Å². The molecule has 5 nitrogen and oxygen atoms in total. The Balaban J connectivity index is 3.19. The topological polar surface area (TPSA) is 57.7 Å². The van der Waals surface area contributed by atoms with E-state index in [4.69, 9.17) is 16.3 Å². The van der Waals surface area contributed by atoms with E-state index >= 15 is 0 Å². The van der Waals surface area contributed by atoms with Crippen molar-refractivity contribution in [1.82, 2.24) is 4.98 Å². The van der Waals surface area contributed by atoms with E-state index in [0.717, 1.165) is 13.2 Å². The van der Waals surface area contributed by atoms with Crippen molar-refractivity contribution in [1.29, 1.82) is 0 Å². The van der Waals surface area contributed by atoms with Crippen LogP contribution in [0.15, 0.2) is 6.07 Å². The van der Waals surface area contributed by atoms with E-state index < -0.39 is 24.0 Å². The third kappa shape index (κ3) is 4.44. The largest absolute Gasteiger partial charge is 0.573 e. The molecule has 0 atom stereocenters. The Morgan fingerprint density at radius 1 is 1.40 bits per heavy atom. The first-order valence-corrected chi connectivity index (χ1v) is 5.79. The normalized spacial score (nSPS) is 11.1. The fraction of sp³-hybridized carbons (Fsp3) is 0.455. The summed E-state index contributed by atoms with van der Waals surface area (Å²) in [5, 5.41) is 0. The van der Waals surface area contributed by atoms with E-state index in [0.29, 0.717) is 0 Å². The molecule has 9 heteroatoms. The highest BCUT2D eigenvalue weighted by Crippen LogP contribution is 2.33. The van der Waals surface area contributed by atoms with Gasteiger partial charge in [-0.1, -0.05) is 0 Å². The second-order valence-electron chi connectivity index (χ2n) is 3.54. The molecule has 1 heterocycles. The lowest BCUT2D eigenvalue weighted by Crippen LogP contribution is -2.19. The lowest BCUT2D eigenvalue weighted by molar-refractivity contribution is -0.275. The maximum absolute atomic E-state index is 12.2. The predicted molar refractivity (Wildman–Crippen MR) is 62.7 cm³/mol. The van der Waals surface area contributed by atoms with Crippen LogP contribution in [0.5, 0.6) is 11.6 Å². The van der Waals surface area contributed by atoms with Crippen LogP contribution in [-0.2, 0) is 21.8 Å². The third-order valence-electron chi connectivity index (χ3n) is 2.23. The van der Waals surface area contributed by atoms with Crippen LogP contribution in [0, 0.1) is 0 Å². The molecule has 0 aromatic carbocycles. The summed E-state index contributed by atoms with van der Waals surface area (Å²) in [6.45, 7) is 0. The van der Waals surface area contributed by atoms with Crippen LogP contribution in [-0.4, -0.2) is 31.5 Å². The van der Waals surface area contributed by atoms with E-state index in [-0.39, 0.29) is 23.6 Å². The van der Waals surface area contributed by atoms with Crippen LogP contribution in [0.3, 0.4) is 0 Å². The number of halogens is 4. The summed E-state index contributed by atoms with van der Waals surface area (Å²) in [5.74, 6) is -1.76. The summed E-state index contributed by atoms with van der Waals surface area (Å²) in [4.78, 5) is 15.0. The van der Waals surface area contributed by atoms with Crippen LogP contribution >= 0.6 is 11.6 Å². The number of nitrogens with zero attached hydrogens (tertiary/aromatic N) is 1. The van der Waals surface area contributed by atoms with E-state index in [1.807, 2.05) is 0 Å². The first kappa shape index (κ1) is 16.4. The number of pyridine rings is 1. The lowest BCUT2D eigenvalue weighted by Gasteiger charge is -2.14. The molecular formula is C11H11ClF3NO4. The molecule has 0 radical (unpaired) electrons. The maximum Gasteiger partial charge on any atom is 0.573 e. The smallest absolute Gasteiger partial charge is 0.478 e. The number of ether oxygens (including phenoxy) is 3. The van der Waals surface area contributed by atoms with Gasteiger partial charge in [0.1, 0.15) is 0 Å². The minimum Gasteiger partial charge on any atom is -0.478 e. The fourth-order valence-corrected chi connectivity index (χ4v) is 1.61. The van der Waals surface area contributed by atoms with Gasteiger partial charge in [-0.25, -0.2) is 4.98 Å². The van der Waals surface area contributed by atoms with Crippen LogP contribution in [0.4, 0.5) is 13.2 Å². The highest BCUT2D eigenvalue weighted by atomic mass is 35.5. The average molecular weight is 314 g/mol. The number of aromatic nitrogens is 1. The molecule has 0 bridgehead atoms. The second-order valence-corrected chi connectivity index (χ2v) is 3.80. The zero-order chi connectivity index (χ0) is 15.3. The van der Waals surface area contributed by atoms with Crippen molar-refractivity contribution in [2.45, 2.75) is 18.7 Å². The molecule has 0 unspecified atom stereocenters. The molecule has 0 aliphatic heterocycles. The maximum atomic E-state index is 12.2. The molecule has 0 fully saturated rings. The Hall–Kier alpha value is -1.70. The summed E-state index contributed by atoms with van der Waals surface area (Å²) in [7, 11) is 2.31. The van der Waals surface area contributed by atoms with Gasteiger partial charge < -0.3 is 14.2 Å². The molecule has 0 aliphatic carbocycles. The summed E-state index contributed by atoms with van der Waals surface area (Å²) in [6.07, 6.45) is -5.12. The van der Waals surface area contributed by atoms with Gasteiger partial charge in [0.15, 0.2) is 5.75 Å². The molecule has 0 aliphatic rings. The Labute approximate surface area is 117 Å². The molecule has 0 N–H and O–H groups in total. The van der Waals surface area contributed by atoms with Gasteiger partial charge in [-0.2, -0.15) is 0 Å². The first-order chi connectivity index (χ1) is 9.30. The minimum atomic E-state index is -4.89. The van der Waals surface area contributed by atoms with Gasteiger partial charge in [-0.15, -0.1) is 24.8 Å². The molecule has 1 aromatic heterocycles. The molecule has 0 saturated carbocycles. The Morgan fingerprint density at radius 3 is 2.50 bits per heavy atom. The Kier molecular flexibility index (Phi) is 5.43. The summed E-state index contributed by atoms with van der Waals surface area (Å²) in [6, 6.07) is 1.03. The molecular weight excluding hydrogens is 303 g/mol. The number of hydrogen-bond acceptors (Lipinski definition) is 5. The van der Waals surface area contributed by atoms with Gasteiger partial charge in [0.25, 0.3) is 5.88 Å². The van der Waals surface area contributed by atoms with Crippen molar-refractivity contribution in [3.63, 3.8) is 0 Å². The number of rotatable bonds is 5. The third-order valence-corrected chi connectivity index (χ3v) is 2.51. The van der Waals surface area contributed by atoms with Crippen molar-refractivity contribution < 1.29 is 32.2 Å². The number of esters is 1. The lowest BCUT2D eigenvalue weighted by atomic mass is 10.1. The van der Waals surface area contributed by atoms with E-state index in [1.54, 1.807) is 0 Å². The van der Waals surface area contributed by atoms with E-state index in [9.17, 15) is 18.0 Å². The van der Waals surface area contributed by atoms with Gasteiger partial charge in [0.2, 0.25) is 0 Å². The van der Waals surface area contributed by atoms with Gasteiger partial charge in [0.05, 0.1) is 26.3 Å². The van der Waals surface area contributed by atoms with Crippen molar-refractivity contribution in [2.24, 2.45) is 0 Å². The number of alkyl halides is 4. The first-order valence-electron chi connectivity index (χ1n) is 5.26. The molecule has 0 spiro atoms. The highest BCUT2D eigenvalue weighted by molar-refractivity contribution is 6.17. The standard InChI is InChI=1S/C11H11ClF3NO4/c1-18-9(17)4-7-6(5-12)3-8(10(16-7)19-2)20-11(13,14)15/h3H,4-5H2,1-2H3. The van der Waals surface area contributed by atoms with Crippen molar-refractivity contribution >= 4 is 17.6 Å². The highest BCUT2D eigenvalue weighted by Gasteiger charge is 2.33. The van der Waals surface area contributed by atoms with Gasteiger partial charge >= 0.3 is 12.3 Å². The molecule has 0 amide bonds. The van der Waals surface area contributed by atoms with Crippen LogP contribution in [0.2, 0.25) is 0 Å². The SMILES string of the molecule is COC(=O)Cc1nc(OC)c(OC(F)(F)F)cc1CCl. The minimum absolute atomic E-state index is 0.141. The van der Waals surface area contributed by atoms with Crippen molar-refractivity contribution in [2.75, 3.05) is 14.2 Å². The Bertz CT molecular complexity index is 493. The van der Waals surface area contributed by atoms with E-state index in [1.165, 1.54) is 7.11 Å². The quantitative estimate of drug-likeness (QED) is 0.617. The van der Waals surface area contributed by atoms with Gasteiger partial charge in [0, 0.05) is 5.88 Å².